The summed E-state index contributed by atoms with van der Waals surface area (Å²) in [4.78, 5) is 39.1. The third-order valence-electron chi connectivity index (χ3n) is 3.69. The molecule has 1 aliphatic heterocycles. The Balaban J connectivity index is 2.27. The predicted octanol–water partition coefficient (Wildman–Crippen LogP) is 1.93. The van der Waals surface area contributed by atoms with Gasteiger partial charge in [-0.1, -0.05) is 19.1 Å². The van der Waals surface area contributed by atoms with E-state index in [0.717, 1.165) is 19.3 Å². The van der Waals surface area contributed by atoms with Crippen molar-refractivity contribution < 1.29 is 14.4 Å². The molecule has 2 rings (SSSR count). The van der Waals surface area contributed by atoms with Gasteiger partial charge in [-0.2, -0.15) is 0 Å². The van der Waals surface area contributed by atoms with Crippen LogP contribution < -0.4 is 0 Å². The number of allylic oxidation sites excluding steroid dienone is 1. The fourth-order valence-corrected chi connectivity index (χ4v) is 2.61. The minimum atomic E-state index is -0.750. The maximum absolute atomic E-state index is 12.4. The van der Waals surface area contributed by atoms with Crippen LogP contribution in [0.25, 0.3) is 0 Å². The van der Waals surface area contributed by atoms with Crippen LogP contribution >= 0.6 is 0 Å². The van der Waals surface area contributed by atoms with Crippen molar-refractivity contribution in [2.45, 2.75) is 45.6 Å². The highest BCUT2D eigenvalue weighted by molar-refractivity contribution is 6.16. The molecule has 2 unspecified atom stereocenters. The van der Waals surface area contributed by atoms with E-state index in [-0.39, 0.29) is 17.9 Å². The van der Waals surface area contributed by atoms with Crippen molar-refractivity contribution in [1.82, 2.24) is 9.80 Å². The molecular weight excluding hydrogens is 244 g/mol. The number of hydrogen-bond donors (Lipinski definition) is 0. The first-order valence-corrected chi connectivity index (χ1v) is 6.93. The average Bonchev–Trinajstić information content (AvgIpc) is 2.43. The van der Waals surface area contributed by atoms with Gasteiger partial charge in [0.05, 0.1) is 6.04 Å². The molecule has 1 saturated heterocycles. The van der Waals surface area contributed by atoms with Gasteiger partial charge in [0.25, 0.3) is 0 Å². The van der Waals surface area contributed by atoms with E-state index < -0.39 is 11.9 Å². The minimum absolute atomic E-state index is 0.191. The molecule has 19 heavy (non-hydrogen) atoms. The number of barbiturate groups is 1. The van der Waals surface area contributed by atoms with E-state index >= 15 is 0 Å². The highest BCUT2D eigenvalue weighted by Crippen LogP contribution is 2.25. The second-order valence-electron chi connectivity index (χ2n) is 5.13. The summed E-state index contributed by atoms with van der Waals surface area (Å²) in [5.74, 6) is -1.48. The Bertz CT molecular complexity index is 430. The van der Waals surface area contributed by atoms with Crippen molar-refractivity contribution in [3.05, 3.63) is 12.2 Å². The van der Waals surface area contributed by atoms with Gasteiger partial charge in [-0.15, -0.1) is 0 Å². The van der Waals surface area contributed by atoms with Crippen molar-refractivity contribution in [2.75, 3.05) is 6.54 Å². The number of urea groups is 1. The Morgan fingerprint density at radius 2 is 2.00 bits per heavy atom. The van der Waals surface area contributed by atoms with E-state index in [1.807, 2.05) is 19.1 Å². The SMILES string of the molecule is CCCN1C(=O)C(C)C(=O)N(C2C=CCCC2)C1=O. The first kappa shape index (κ1) is 13.8. The minimum Gasteiger partial charge on any atom is -0.273 e. The van der Waals surface area contributed by atoms with Gasteiger partial charge in [0.15, 0.2) is 0 Å². The number of imide groups is 2. The van der Waals surface area contributed by atoms with Crippen LogP contribution in [-0.2, 0) is 9.59 Å². The first-order valence-electron chi connectivity index (χ1n) is 6.93. The van der Waals surface area contributed by atoms with Crippen LogP contribution in [0.1, 0.15) is 39.5 Å². The summed E-state index contributed by atoms with van der Waals surface area (Å²) >= 11 is 0. The molecule has 5 heteroatoms. The molecule has 0 radical (unpaired) electrons. The molecular formula is C14H20N2O3. The zero-order valence-corrected chi connectivity index (χ0v) is 11.5. The summed E-state index contributed by atoms with van der Waals surface area (Å²) in [5.41, 5.74) is 0. The van der Waals surface area contributed by atoms with Crippen molar-refractivity contribution >= 4 is 17.8 Å². The van der Waals surface area contributed by atoms with E-state index in [9.17, 15) is 14.4 Å². The molecule has 0 bridgehead atoms. The predicted molar refractivity (Wildman–Crippen MR) is 70.2 cm³/mol. The van der Waals surface area contributed by atoms with Crippen LogP contribution in [0, 0.1) is 5.92 Å². The van der Waals surface area contributed by atoms with Crippen LogP contribution in [0.2, 0.25) is 0 Å². The highest BCUT2D eigenvalue weighted by atomic mass is 16.2. The Hall–Kier alpha value is -1.65. The molecule has 2 atom stereocenters. The summed E-state index contributed by atoms with van der Waals surface area (Å²) < 4.78 is 0. The summed E-state index contributed by atoms with van der Waals surface area (Å²) in [5, 5.41) is 0. The van der Waals surface area contributed by atoms with Gasteiger partial charge in [0.1, 0.15) is 5.92 Å². The molecule has 2 aliphatic rings. The van der Waals surface area contributed by atoms with Crippen LogP contribution in [-0.4, -0.2) is 40.2 Å². The molecule has 0 spiro atoms. The number of rotatable bonds is 3. The first-order chi connectivity index (χ1) is 9.07. The van der Waals surface area contributed by atoms with Gasteiger partial charge in [-0.05, 0) is 32.6 Å². The zero-order chi connectivity index (χ0) is 14.0. The fraction of sp³-hybridized carbons (Fsp3) is 0.643. The van der Waals surface area contributed by atoms with Crippen molar-refractivity contribution in [1.29, 1.82) is 0 Å². The van der Waals surface area contributed by atoms with Gasteiger partial charge in [0.2, 0.25) is 11.8 Å². The van der Waals surface area contributed by atoms with E-state index in [4.69, 9.17) is 0 Å². The number of nitrogens with zero attached hydrogens (tertiary/aromatic N) is 2. The van der Waals surface area contributed by atoms with E-state index in [1.54, 1.807) is 6.92 Å². The monoisotopic (exact) mass is 264 g/mol. The smallest absolute Gasteiger partial charge is 0.273 e. The molecule has 0 saturated carbocycles. The highest BCUT2D eigenvalue weighted by Gasteiger charge is 2.45. The van der Waals surface area contributed by atoms with Crippen LogP contribution in [0.3, 0.4) is 0 Å². The summed E-state index contributed by atoms with van der Waals surface area (Å²) in [6.07, 6.45) is 7.35. The molecule has 4 amide bonds. The topological polar surface area (TPSA) is 57.7 Å². The van der Waals surface area contributed by atoms with Crippen molar-refractivity contribution in [3.63, 3.8) is 0 Å². The zero-order valence-electron chi connectivity index (χ0n) is 11.5. The molecule has 0 aromatic heterocycles. The third kappa shape index (κ3) is 2.41. The Labute approximate surface area is 113 Å². The quantitative estimate of drug-likeness (QED) is 0.578. The second kappa shape index (κ2) is 5.55. The number of hydrogen-bond acceptors (Lipinski definition) is 3. The lowest BCUT2D eigenvalue weighted by molar-refractivity contribution is -0.149. The average molecular weight is 264 g/mol. The van der Waals surface area contributed by atoms with Crippen molar-refractivity contribution in [3.8, 4) is 0 Å². The van der Waals surface area contributed by atoms with Crippen LogP contribution in [0.5, 0.6) is 0 Å². The maximum atomic E-state index is 12.4. The standard InChI is InChI=1S/C14H20N2O3/c1-3-9-15-12(17)10(2)13(18)16(14(15)19)11-7-5-4-6-8-11/h5,7,10-11H,3-4,6,8-9H2,1-2H3. The molecule has 0 aromatic rings. The molecule has 1 aliphatic carbocycles. The molecule has 1 fully saturated rings. The van der Waals surface area contributed by atoms with Crippen molar-refractivity contribution in [2.24, 2.45) is 5.92 Å². The summed E-state index contributed by atoms with van der Waals surface area (Å²) in [6.45, 7) is 3.87. The summed E-state index contributed by atoms with van der Waals surface area (Å²) in [7, 11) is 0. The molecule has 104 valence electrons. The Morgan fingerprint density at radius 1 is 1.26 bits per heavy atom. The molecule has 1 heterocycles. The van der Waals surface area contributed by atoms with Gasteiger partial charge in [-0.25, -0.2) is 4.79 Å². The van der Waals surface area contributed by atoms with Gasteiger partial charge < -0.3 is 0 Å². The lowest BCUT2D eigenvalue weighted by atomic mass is 9.98. The third-order valence-corrected chi connectivity index (χ3v) is 3.69. The summed E-state index contributed by atoms with van der Waals surface area (Å²) in [6, 6.07) is -0.643. The lowest BCUT2D eigenvalue weighted by Gasteiger charge is -2.39. The van der Waals surface area contributed by atoms with Gasteiger partial charge in [-0.3, -0.25) is 19.4 Å². The maximum Gasteiger partial charge on any atom is 0.333 e. The molecule has 0 N–H and O–H groups in total. The fourth-order valence-electron chi connectivity index (χ4n) is 2.61. The second-order valence-corrected chi connectivity index (χ2v) is 5.13. The largest absolute Gasteiger partial charge is 0.333 e. The normalized spacial score (nSPS) is 28.2. The number of amides is 4. The molecule has 0 aromatic carbocycles. The van der Waals surface area contributed by atoms with E-state index in [2.05, 4.69) is 0 Å². The molecule has 5 nitrogen and oxygen atoms in total. The van der Waals surface area contributed by atoms with Crippen LogP contribution in [0.15, 0.2) is 12.2 Å². The van der Waals surface area contributed by atoms with Gasteiger partial charge >= 0.3 is 6.03 Å². The number of carbonyl (C=O) groups is 3. The Kier molecular flexibility index (Phi) is 4.02. The number of carbonyl (C=O) groups excluding carboxylic acids is 3. The van der Waals surface area contributed by atoms with Crippen LogP contribution in [0.4, 0.5) is 4.79 Å². The van der Waals surface area contributed by atoms with E-state index in [1.165, 1.54) is 9.80 Å². The van der Waals surface area contributed by atoms with Gasteiger partial charge in [0, 0.05) is 6.54 Å². The Morgan fingerprint density at radius 3 is 2.58 bits per heavy atom. The lowest BCUT2D eigenvalue weighted by Crippen LogP contribution is -2.61. The van der Waals surface area contributed by atoms with E-state index in [0.29, 0.717) is 13.0 Å².